The van der Waals surface area contributed by atoms with E-state index in [9.17, 15) is 4.79 Å². The Morgan fingerprint density at radius 1 is 1.08 bits per heavy atom. The molecule has 0 atom stereocenters. The predicted octanol–water partition coefficient (Wildman–Crippen LogP) is 5.55. The SMILES string of the molecule is Cc1cc(C)c(CC(=O)CC2(C)CCC(C)CC2)c(C)c1.O=C(O)O. The molecule has 4 heteroatoms. The van der Waals surface area contributed by atoms with E-state index in [-0.39, 0.29) is 5.41 Å². The summed E-state index contributed by atoms with van der Waals surface area (Å²) in [6, 6.07) is 4.39. The topological polar surface area (TPSA) is 74.6 Å². The number of hydrogen-bond acceptors (Lipinski definition) is 2. The molecule has 1 aromatic rings. The van der Waals surface area contributed by atoms with Gasteiger partial charge in [0.05, 0.1) is 0 Å². The number of carboxylic acid groups (broad SMARTS) is 2. The summed E-state index contributed by atoms with van der Waals surface area (Å²) in [4.78, 5) is 21.1. The molecule has 4 nitrogen and oxygen atoms in total. The second kappa shape index (κ2) is 9.02. The minimum absolute atomic E-state index is 0.246. The minimum atomic E-state index is -1.83. The Morgan fingerprint density at radius 3 is 1.96 bits per heavy atom. The van der Waals surface area contributed by atoms with Crippen molar-refractivity contribution < 1.29 is 19.8 Å². The van der Waals surface area contributed by atoms with Gasteiger partial charge in [0.2, 0.25) is 0 Å². The van der Waals surface area contributed by atoms with Crippen molar-refractivity contribution >= 4 is 11.9 Å². The highest BCUT2D eigenvalue weighted by atomic mass is 16.6. The number of carbonyl (C=O) groups excluding carboxylic acids is 1. The van der Waals surface area contributed by atoms with E-state index in [1.165, 1.54) is 47.9 Å². The van der Waals surface area contributed by atoms with Crippen LogP contribution < -0.4 is 0 Å². The van der Waals surface area contributed by atoms with Crippen molar-refractivity contribution in [3.63, 3.8) is 0 Å². The van der Waals surface area contributed by atoms with E-state index in [2.05, 4.69) is 46.8 Å². The van der Waals surface area contributed by atoms with Crippen molar-refractivity contribution in [2.45, 2.75) is 73.1 Å². The van der Waals surface area contributed by atoms with E-state index in [0.717, 1.165) is 12.3 Å². The van der Waals surface area contributed by atoms with Gasteiger partial charge in [0.1, 0.15) is 5.78 Å². The van der Waals surface area contributed by atoms with E-state index in [1.54, 1.807) is 0 Å². The Bertz CT molecular complexity index is 583. The highest BCUT2D eigenvalue weighted by Gasteiger charge is 2.31. The van der Waals surface area contributed by atoms with E-state index in [1.807, 2.05) is 0 Å². The Balaban J connectivity index is 0.000000705. The second-order valence-corrected chi connectivity index (χ2v) is 8.05. The van der Waals surface area contributed by atoms with Gasteiger partial charge in [0.25, 0.3) is 0 Å². The first kappa shape index (κ1) is 21.2. The van der Waals surface area contributed by atoms with Crippen LogP contribution in [0.2, 0.25) is 0 Å². The van der Waals surface area contributed by atoms with Gasteiger partial charge in [-0.15, -0.1) is 0 Å². The van der Waals surface area contributed by atoms with Gasteiger partial charge < -0.3 is 10.2 Å². The van der Waals surface area contributed by atoms with Gasteiger partial charge in [0, 0.05) is 12.8 Å². The summed E-state index contributed by atoms with van der Waals surface area (Å²) in [5.41, 5.74) is 5.31. The molecule has 2 rings (SSSR count). The summed E-state index contributed by atoms with van der Waals surface area (Å²) in [6.07, 6.45) is 4.53. The first-order valence-corrected chi connectivity index (χ1v) is 9.03. The summed E-state index contributed by atoms with van der Waals surface area (Å²) < 4.78 is 0. The molecule has 1 saturated carbocycles. The number of Topliss-reactive ketones (excluding diaryl/α,β-unsaturated/α-hetero) is 1. The molecular weight excluding hydrogens is 316 g/mol. The van der Waals surface area contributed by atoms with Crippen LogP contribution in [-0.4, -0.2) is 22.2 Å². The fourth-order valence-corrected chi connectivity index (χ4v) is 3.86. The molecule has 0 amide bonds. The first-order chi connectivity index (χ1) is 11.5. The van der Waals surface area contributed by atoms with Gasteiger partial charge in [0.15, 0.2) is 0 Å². The molecule has 0 saturated heterocycles. The van der Waals surface area contributed by atoms with Crippen LogP contribution in [-0.2, 0) is 11.2 Å². The molecule has 0 heterocycles. The largest absolute Gasteiger partial charge is 0.503 e. The molecule has 2 N–H and O–H groups in total. The van der Waals surface area contributed by atoms with E-state index in [4.69, 9.17) is 15.0 Å². The molecule has 1 aliphatic rings. The van der Waals surface area contributed by atoms with Gasteiger partial charge in [-0.2, -0.15) is 0 Å². The normalized spacial score (nSPS) is 22.7. The van der Waals surface area contributed by atoms with Crippen molar-refractivity contribution in [2.24, 2.45) is 11.3 Å². The van der Waals surface area contributed by atoms with Crippen molar-refractivity contribution in [3.8, 4) is 0 Å². The van der Waals surface area contributed by atoms with Crippen molar-refractivity contribution in [1.29, 1.82) is 0 Å². The summed E-state index contributed by atoms with van der Waals surface area (Å²) >= 11 is 0. The summed E-state index contributed by atoms with van der Waals surface area (Å²) in [6.45, 7) is 11.0. The minimum Gasteiger partial charge on any atom is -0.450 e. The molecule has 0 radical (unpaired) electrons. The highest BCUT2D eigenvalue weighted by molar-refractivity contribution is 5.82. The molecular formula is C21H32O4. The van der Waals surface area contributed by atoms with Gasteiger partial charge in [-0.3, -0.25) is 4.79 Å². The van der Waals surface area contributed by atoms with Crippen molar-refractivity contribution in [3.05, 3.63) is 34.4 Å². The average Bonchev–Trinajstić information content (AvgIpc) is 2.45. The van der Waals surface area contributed by atoms with E-state index >= 15 is 0 Å². The number of aryl methyl sites for hydroxylation is 3. The molecule has 0 bridgehead atoms. The Labute approximate surface area is 151 Å². The maximum Gasteiger partial charge on any atom is 0.503 e. The highest BCUT2D eigenvalue weighted by Crippen LogP contribution is 2.41. The predicted molar refractivity (Wildman–Crippen MR) is 100 cm³/mol. The summed E-state index contributed by atoms with van der Waals surface area (Å²) in [7, 11) is 0. The molecule has 0 aromatic heterocycles. The van der Waals surface area contributed by atoms with Crippen LogP contribution in [0.25, 0.3) is 0 Å². The van der Waals surface area contributed by atoms with E-state index in [0.29, 0.717) is 12.2 Å². The standard InChI is InChI=1S/C20H30O.CH2O3/c1-14-6-8-20(5,9-7-14)13-18(21)12-19-16(3)10-15(2)11-17(19)4;2-1(3)4/h10-11,14H,6-9,12-13H2,1-5H3;(H2,2,3,4). The third-order valence-electron chi connectivity index (χ3n) is 5.32. The third-order valence-corrected chi connectivity index (χ3v) is 5.32. The molecule has 0 spiro atoms. The van der Waals surface area contributed by atoms with Crippen LogP contribution >= 0.6 is 0 Å². The Kier molecular flexibility index (Phi) is 7.65. The molecule has 1 aromatic carbocycles. The zero-order valence-electron chi connectivity index (χ0n) is 16.2. The number of ketones is 1. The molecule has 0 aliphatic heterocycles. The lowest BCUT2D eigenvalue weighted by Gasteiger charge is -2.36. The van der Waals surface area contributed by atoms with Gasteiger partial charge >= 0.3 is 6.16 Å². The van der Waals surface area contributed by atoms with E-state index < -0.39 is 6.16 Å². The summed E-state index contributed by atoms with van der Waals surface area (Å²) in [5, 5.41) is 13.9. The molecule has 140 valence electrons. The lowest BCUT2D eigenvalue weighted by Crippen LogP contribution is -2.27. The zero-order valence-corrected chi connectivity index (χ0v) is 16.2. The maximum absolute atomic E-state index is 12.6. The van der Waals surface area contributed by atoms with Crippen LogP contribution in [0.4, 0.5) is 4.79 Å². The first-order valence-electron chi connectivity index (χ1n) is 9.03. The molecule has 0 unspecified atom stereocenters. The average molecular weight is 348 g/mol. The number of benzene rings is 1. The van der Waals surface area contributed by atoms with Crippen molar-refractivity contribution in [1.82, 2.24) is 0 Å². The van der Waals surface area contributed by atoms with Gasteiger partial charge in [-0.05, 0) is 61.6 Å². The van der Waals surface area contributed by atoms with Crippen LogP contribution in [0.1, 0.15) is 68.2 Å². The van der Waals surface area contributed by atoms with Crippen LogP contribution in [0.5, 0.6) is 0 Å². The van der Waals surface area contributed by atoms with Gasteiger partial charge in [-0.25, -0.2) is 4.79 Å². The molecule has 1 aliphatic carbocycles. The molecule has 1 fully saturated rings. The van der Waals surface area contributed by atoms with Crippen LogP contribution in [0.15, 0.2) is 12.1 Å². The maximum atomic E-state index is 12.6. The zero-order chi connectivity index (χ0) is 19.2. The Hall–Kier alpha value is -1.84. The quantitative estimate of drug-likeness (QED) is 0.748. The van der Waals surface area contributed by atoms with Crippen LogP contribution in [0, 0.1) is 32.1 Å². The lowest BCUT2D eigenvalue weighted by molar-refractivity contribution is -0.121. The van der Waals surface area contributed by atoms with Crippen molar-refractivity contribution in [2.75, 3.05) is 0 Å². The summed E-state index contributed by atoms with van der Waals surface area (Å²) in [5.74, 6) is 1.26. The third kappa shape index (κ3) is 7.29. The smallest absolute Gasteiger partial charge is 0.450 e. The number of carbonyl (C=O) groups is 2. The lowest BCUT2D eigenvalue weighted by atomic mass is 9.69. The monoisotopic (exact) mass is 348 g/mol. The number of hydrogen-bond donors (Lipinski definition) is 2. The van der Waals surface area contributed by atoms with Gasteiger partial charge in [-0.1, -0.05) is 44.4 Å². The molecule has 25 heavy (non-hydrogen) atoms. The fraction of sp³-hybridized carbons (Fsp3) is 0.619. The fourth-order valence-electron chi connectivity index (χ4n) is 3.86. The Morgan fingerprint density at radius 2 is 1.52 bits per heavy atom. The number of rotatable bonds is 4. The second-order valence-electron chi connectivity index (χ2n) is 8.05. The van der Waals surface area contributed by atoms with Crippen LogP contribution in [0.3, 0.4) is 0 Å².